The standard InChI is InChI=1S/C14H19ClN2OS/c15-12-7-3-4-8-13(12)18-9-10-19-14(16)17-11-5-1-2-6-11/h3-4,7-8,11H,1-2,5-6,9-10H2,(H2,16,17). The monoisotopic (exact) mass is 298 g/mol. The van der Waals surface area contributed by atoms with E-state index in [9.17, 15) is 0 Å². The number of thioether (sulfide) groups is 1. The van der Waals surface area contributed by atoms with E-state index in [4.69, 9.17) is 22.1 Å². The average molecular weight is 299 g/mol. The smallest absolute Gasteiger partial charge is 0.154 e. The van der Waals surface area contributed by atoms with Crippen LogP contribution in [0.2, 0.25) is 5.02 Å². The number of aliphatic imine (C=N–C) groups is 1. The third-order valence-corrected chi connectivity index (χ3v) is 4.15. The molecule has 0 amide bonds. The molecule has 0 aliphatic heterocycles. The average Bonchev–Trinajstić information content (AvgIpc) is 2.89. The highest BCUT2D eigenvalue weighted by atomic mass is 35.5. The van der Waals surface area contributed by atoms with E-state index < -0.39 is 0 Å². The first kappa shape index (κ1) is 14.5. The van der Waals surface area contributed by atoms with Crippen molar-refractivity contribution < 1.29 is 4.74 Å². The number of nitrogens with zero attached hydrogens (tertiary/aromatic N) is 1. The van der Waals surface area contributed by atoms with Crippen LogP contribution < -0.4 is 10.5 Å². The van der Waals surface area contributed by atoms with Crippen LogP contribution in [0.1, 0.15) is 25.7 Å². The molecule has 0 aromatic heterocycles. The number of halogens is 1. The molecular formula is C14H19ClN2OS. The summed E-state index contributed by atoms with van der Waals surface area (Å²) in [5, 5.41) is 1.31. The highest BCUT2D eigenvalue weighted by Crippen LogP contribution is 2.24. The lowest BCUT2D eigenvalue weighted by Gasteiger charge is -2.08. The molecule has 0 spiro atoms. The number of amidine groups is 1. The first-order valence-corrected chi connectivity index (χ1v) is 7.95. The molecule has 19 heavy (non-hydrogen) atoms. The summed E-state index contributed by atoms with van der Waals surface area (Å²) in [6, 6.07) is 7.92. The Bertz CT molecular complexity index is 433. The van der Waals surface area contributed by atoms with Crippen molar-refractivity contribution >= 4 is 28.5 Å². The van der Waals surface area contributed by atoms with Crippen LogP contribution in [0.5, 0.6) is 5.75 Å². The molecule has 1 aromatic rings. The van der Waals surface area contributed by atoms with Gasteiger partial charge in [0, 0.05) is 5.75 Å². The molecule has 0 saturated heterocycles. The molecule has 1 saturated carbocycles. The number of benzene rings is 1. The van der Waals surface area contributed by atoms with Gasteiger partial charge in [-0.3, -0.25) is 4.99 Å². The summed E-state index contributed by atoms with van der Waals surface area (Å²) in [6.45, 7) is 0.579. The van der Waals surface area contributed by atoms with Crippen molar-refractivity contribution in [2.45, 2.75) is 31.7 Å². The predicted octanol–water partition coefficient (Wildman–Crippen LogP) is 3.71. The Labute approximate surface area is 123 Å². The molecule has 0 atom stereocenters. The summed E-state index contributed by atoms with van der Waals surface area (Å²) >= 11 is 7.55. The first-order chi connectivity index (χ1) is 9.25. The molecule has 1 aliphatic rings. The Morgan fingerprint density at radius 1 is 1.37 bits per heavy atom. The van der Waals surface area contributed by atoms with Crippen LogP contribution >= 0.6 is 23.4 Å². The maximum absolute atomic E-state index is 6.00. The van der Waals surface area contributed by atoms with Crippen molar-refractivity contribution in [3.05, 3.63) is 29.3 Å². The third-order valence-electron chi connectivity index (χ3n) is 3.06. The lowest BCUT2D eigenvalue weighted by molar-refractivity contribution is 0.344. The number of para-hydroxylation sites is 1. The molecule has 1 fully saturated rings. The molecule has 0 heterocycles. The fourth-order valence-corrected chi connectivity index (χ4v) is 2.90. The van der Waals surface area contributed by atoms with E-state index in [0.717, 1.165) is 11.5 Å². The Balaban J connectivity index is 1.67. The third kappa shape index (κ3) is 4.96. The summed E-state index contributed by atoms with van der Waals surface area (Å²) in [5.74, 6) is 1.50. The van der Waals surface area contributed by atoms with E-state index in [-0.39, 0.29) is 0 Å². The minimum absolute atomic E-state index is 0.442. The maximum atomic E-state index is 6.00. The van der Waals surface area contributed by atoms with E-state index in [1.807, 2.05) is 24.3 Å². The normalized spacial score (nSPS) is 16.8. The topological polar surface area (TPSA) is 47.6 Å². The second-order valence-corrected chi connectivity index (χ2v) is 6.06. The molecule has 0 unspecified atom stereocenters. The van der Waals surface area contributed by atoms with Crippen molar-refractivity contribution in [1.82, 2.24) is 0 Å². The van der Waals surface area contributed by atoms with Crippen molar-refractivity contribution in [3.63, 3.8) is 0 Å². The summed E-state index contributed by atoms with van der Waals surface area (Å²) in [6.07, 6.45) is 4.91. The van der Waals surface area contributed by atoms with Gasteiger partial charge in [0.1, 0.15) is 5.75 Å². The lowest BCUT2D eigenvalue weighted by atomic mass is 10.3. The Morgan fingerprint density at radius 2 is 2.11 bits per heavy atom. The molecule has 0 bridgehead atoms. The summed E-state index contributed by atoms with van der Waals surface area (Å²) in [4.78, 5) is 4.51. The molecule has 1 aromatic carbocycles. The van der Waals surface area contributed by atoms with Gasteiger partial charge >= 0.3 is 0 Å². The number of nitrogens with two attached hydrogens (primary N) is 1. The zero-order valence-corrected chi connectivity index (χ0v) is 12.4. The Hall–Kier alpha value is -0.870. The van der Waals surface area contributed by atoms with Gasteiger partial charge in [0.25, 0.3) is 0 Å². The number of rotatable bonds is 5. The summed E-state index contributed by atoms with van der Waals surface area (Å²) < 4.78 is 5.59. The van der Waals surface area contributed by atoms with Gasteiger partial charge in [0.05, 0.1) is 17.7 Å². The molecule has 2 rings (SSSR count). The quantitative estimate of drug-likeness (QED) is 0.512. The van der Waals surface area contributed by atoms with Crippen LogP contribution in [-0.2, 0) is 0 Å². The fraction of sp³-hybridized carbons (Fsp3) is 0.500. The Morgan fingerprint density at radius 3 is 2.84 bits per heavy atom. The van der Waals surface area contributed by atoms with Crippen LogP contribution in [0.15, 0.2) is 29.3 Å². The van der Waals surface area contributed by atoms with Crippen LogP contribution in [0.4, 0.5) is 0 Å². The van der Waals surface area contributed by atoms with Crippen molar-refractivity contribution in [1.29, 1.82) is 0 Å². The van der Waals surface area contributed by atoms with E-state index >= 15 is 0 Å². The van der Waals surface area contributed by atoms with Gasteiger partial charge in [-0.1, -0.05) is 48.3 Å². The SMILES string of the molecule is NC(=NC1CCCC1)SCCOc1ccccc1Cl. The molecule has 5 heteroatoms. The van der Waals surface area contributed by atoms with Gasteiger partial charge in [-0.25, -0.2) is 0 Å². The zero-order valence-electron chi connectivity index (χ0n) is 10.8. The van der Waals surface area contributed by atoms with E-state index in [1.165, 1.54) is 25.7 Å². The highest BCUT2D eigenvalue weighted by Gasteiger charge is 2.13. The van der Waals surface area contributed by atoms with Crippen molar-refractivity contribution in [2.75, 3.05) is 12.4 Å². The molecule has 2 N–H and O–H groups in total. The van der Waals surface area contributed by atoms with Gasteiger partial charge in [-0.05, 0) is 25.0 Å². The molecule has 0 radical (unpaired) electrons. The minimum Gasteiger partial charge on any atom is -0.491 e. The second-order valence-electron chi connectivity index (χ2n) is 4.53. The van der Waals surface area contributed by atoms with Crippen LogP contribution in [-0.4, -0.2) is 23.6 Å². The van der Waals surface area contributed by atoms with Gasteiger partial charge in [0.2, 0.25) is 0 Å². The van der Waals surface area contributed by atoms with E-state index in [1.54, 1.807) is 11.8 Å². The molecular weight excluding hydrogens is 280 g/mol. The van der Waals surface area contributed by atoms with Crippen molar-refractivity contribution in [3.8, 4) is 5.75 Å². The molecule has 3 nitrogen and oxygen atoms in total. The van der Waals surface area contributed by atoms with Crippen LogP contribution in [0.3, 0.4) is 0 Å². The summed E-state index contributed by atoms with van der Waals surface area (Å²) in [7, 11) is 0. The van der Waals surface area contributed by atoms with E-state index in [0.29, 0.717) is 22.8 Å². The van der Waals surface area contributed by atoms with Crippen molar-refractivity contribution in [2.24, 2.45) is 10.7 Å². The zero-order chi connectivity index (χ0) is 13.5. The predicted molar refractivity (Wildman–Crippen MR) is 83.3 cm³/mol. The summed E-state index contributed by atoms with van der Waals surface area (Å²) in [5.41, 5.74) is 5.89. The number of hydrogen-bond acceptors (Lipinski definition) is 3. The fourth-order valence-electron chi connectivity index (χ4n) is 2.11. The minimum atomic E-state index is 0.442. The second kappa shape index (κ2) is 7.65. The molecule has 1 aliphatic carbocycles. The number of ether oxygens (including phenoxy) is 1. The van der Waals surface area contributed by atoms with E-state index in [2.05, 4.69) is 4.99 Å². The van der Waals surface area contributed by atoms with Gasteiger partial charge in [0.15, 0.2) is 5.17 Å². The van der Waals surface area contributed by atoms with Gasteiger partial charge in [-0.2, -0.15) is 0 Å². The first-order valence-electron chi connectivity index (χ1n) is 6.59. The largest absolute Gasteiger partial charge is 0.491 e. The maximum Gasteiger partial charge on any atom is 0.154 e. The highest BCUT2D eigenvalue weighted by molar-refractivity contribution is 8.13. The van der Waals surface area contributed by atoms with Gasteiger partial charge in [-0.15, -0.1) is 0 Å². The molecule has 104 valence electrons. The Kier molecular flexibility index (Phi) is 5.86. The number of hydrogen-bond donors (Lipinski definition) is 1. The van der Waals surface area contributed by atoms with Crippen LogP contribution in [0, 0.1) is 0 Å². The van der Waals surface area contributed by atoms with Gasteiger partial charge < -0.3 is 10.5 Å². The van der Waals surface area contributed by atoms with Crippen LogP contribution in [0.25, 0.3) is 0 Å². The lowest BCUT2D eigenvalue weighted by Crippen LogP contribution is -2.13.